The van der Waals surface area contributed by atoms with Crippen LogP contribution in [0, 0.1) is 41.7 Å². The average molecular weight is 350 g/mol. The second-order valence-corrected chi connectivity index (χ2v) is 4.30. The first-order chi connectivity index (χ1) is 6.12. The Kier molecular flexibility index (Phi) is 14.0. The molecule has 0 amide bonds. The predicted molar refractivity (Wildman–Crippen MR) is 51.5 cm³/mol. The summed E-state index contributed by atoms with van der Waals surface area (Å²) in [5.74, 6) is 0. The molecule has 84 valence electrons. The van der Waals surface area contributed by atoms with Crippen molar-refractivity contribution in [3.05, 3.63) is 0 Å². The van der Waals surface area contributed by atoms with E-state index in [1.54, 1.807) is 0 Å². The Morgan fingerprint density at radius 3 is 1.71 bits per heavy atom. The van der Waals surface area contributed by atoms with E-state index in [9.17, 15) is 4.57 Å². The molecule has 0 saturated carbocycles. The van der Waals surface area contributed by atoms with Crippen molar-refractivity contribution in [2.45, 2.75) is 39.5 Å². The molecule has 0 heterocycles. The van der Waals surface area contributed by atoms with E-state index in [-0.39, 0.29) is 55.0 Å². The molecule has 0 rings (SSSR count). The van der Waals surface area contributed by atoms with Crippen LogP contribution in [0.2, 0.25) is 0 Å². The fraction of sp³-hybridized carbons (Fsp3) is 1.00. The third-order valence-electron chi connectivity index (χ3n) is 1.50. The summed E-state index contributed by atoms with van der Waals surface area (Å²) in [7, 11) is -3.75. The summed E-state index contributed by atoms with van der Waals surface area (Å²) in [6.07, 6.45) is 3.44. The molecular weight excluding hydrogens is 331 g/mol. The van der Waals surface area contributed by atoms with Crippen LogP contribution in [-0.4, -0.2) is 18.1 Å². The summed E-state index contributed by atoms with van der Waals surface area (Å²) < 4.78 is 20.5. The van der Waals surface area contributed by atoms with Crippen molar-refractivity contribution in [2.75, 3.05) is 13.2 Å². The molecule has 0 aromatic heterocycles. The normalized spacial score (nSPS) is 11.1. The maximum absolute atomic E-state index is 11.1. The maximum atomic E-state index is 11.1. The second kappa shape index (κ2) is 11.0. The van der Waals surface area contributed by atoms with Gasteiger partial charge in [-0.15, -0.1) is 0 Å². The van der Waals surface area contributed by atoms with E-state index in [4.69, 9.17) is 13.9 Å². The summed E-state index contributed by atoms with van der Waals surface area (Å²) in [6, 6.07) is 0. The summed E-state index contributed by atoms with van der Waals surface area (Å²) in [5.41, 5.74) is 0. The van der Waals surface area contributed by atoms with Crippen LogP contribution in [0.1, 0.15) is 39.5 Å². The molecule has 0 aromatic carbocycles. The van der Waals surface area contributed by atoms with Crippen LogP contribution in [0.5, 0.6) is 0 Å². The van der Waals surface area contributed by atoms with Gasteiger partial charge in [-0.2, -0.15) is 0 Å². The van der Waals surface area contributed by atoms with Crippen molar-refractivity contribution in [3.63, 3.8) is 0 Å². The fourth-order valence-electron chi connectivity index (χ4n) is 0.686. The van der Waals surface area contributed by atoms with Gasteiger partial charge in [-0.05, 0) is 12.8 Å². The topological polar surface area (TPSA) is 55.8 Å². The van der Waals surface area contributed by atoms with Gasteiger partial charge in [0.15, 0.2) is 0 Å². The van der Waals surface area contributed by atoms with Crippen LogP contribution in [0.4, 0.5) is 0 Å². The van der Waals surface area contributed by atoms with Crippen molar-refractivity contribution < 1.29 is 60.3 Å². The minimum atomic E-state index is -3.75. The van der Waals surface area contributed by atoms with Crippen molar-refractivity contribution in [1.82, 2.24) is 0 Å². The van der Waals surface area contributed by atoms with Gasteiger partial charge in [0.25, 0.3) is 0 Å². The number of rotatable bonds is 8. The van der Waals surface area contributed by atoms with E-state index in [1.165, 1.54) is 0 Å². The molecule has 0 unspecified atom stereocenters. The first-order valence-electron chi connectivity index (χ1n) is 4.74. The Balaban J connectivity index is 0. The Morgan fingerprint density at radius 2 is 1.43 bits per heavy atom. The Morgan fingerprint density at radius 1 is 1.07 bits per heavy atom. The Hall–Kier alpha value is 1.49. The first kappa shape index (κ1) is 17.9. The molecule has 1 N–H and O–H groups in total. The number of phosphoric acid groups is 1. The van der Waals surface area contributed by atoms with E-state index in [2.05, 4.69) is 0 Å². The molecule has 0 atom stereocenters. The molecule has 0 spiro atoms. The van der Waals surface area contributed by atoms with Crippen LogP contribution in [0.25, 0.3) is 0 Å². The van der Waals surface area contributed by atoms with Gasteiger partial charge in [0.2, 0.25) is 0 Å². The maximum Gasteiger partial charge on any atom is 0.472 e. The molecule has 0 fully saturated rings. The molecule has 0 aliphatic rings. The van der Waals surface area contributed by atoms with Gasteiger partial charge < -0.3 is 4.89 Å². The monoisotopic (exact) mass is 350 g/mol. The molecule has 14 heavy (non-hydrogen) atoms. The average Bonchev–Trinajstić information content (AvgIpc) is 2.05. The summed E-state index contributed by atoms with van der Waals surface area (Å²) in [5, 5.41) is 0. The summed E-state index contributed by atoms with van der Waals surface area (Å²) in [6.45, 7) is 4.56. The van der Waals surface area contributed by atoms with Gasteiger partial charge in [-0.25, -0.2) is 4.57 Å². The summed E-state index contributed by atoms with van der Waals surface area (Å²) in [4.78, 5) is 9.08. The van der Waals surface area contributed by atoms with Crippen LogP contribution in [0.15, 0.2) is 0 Å². The number of unbranched alkanes of at least 4 members (excludes halogenated alkanes) is 2. The Labute approximate surface area is 120 Å². The standard InChI is InChI=1S/C8H19O4P.Ce/c1-3-5-7-11-13(9,10)12-8-6-4-2;/h3-8H2,1-2H3,(H,9,10);. The van der Waals surface area contributed by atoms with Crippen LogP contribution in [0.3, 0.4) is 0 Å². The molecule has 0 saturated heterocycles. The second-order valence-electron chi connectivity index (χ2n) is 2.84. The molecule has 0 aliphatic carbocycles. The molecule has 4 nitrogen and oxygen atoms in total. The van der Waals surface area contributed by atoms with Crippen molar-refractivity contribution >= 4 is 7.82 Å². The minimum absolute atomic E-state index is 0. The minimum Gasteiger partial charge on any atom is -0.302 e. The third kappa shape index (κ3) is 11.6. The zero-order valence-electron chi connectivity index (χ0n) is 8.86. The molecule has 0 aliphatic heterocycles. The van der Waals surface area contributed by atoms with Gasteiger partial charge in [-0.1, -0.05) is 26.7 Å². The van der Waals surface area contributed by atoms with Crippen molar-refractivity contribution in [2.24, 2.45) is 0 Å². The smallest absolute Gasteiger partial charge is 0.302 e. The number of phosphoric ester groups is 1. The van der Waals surface area contributed by atoms with E-state index >= 15 is 0 Å². The first-order valence-corrected chi connectivity index (χ1v) is 6.23. The number of hydrogen-bond acceptors (Lipinski definition) is 3. The van der Waals surface area contributed by atoms with Crippen LogP contribution < -0.4 is 0 Å². The van der Waals surface area contributed by atoms with Gasteiger partial charge in [0.1, 0.15) is 0 Å². The molecular formula is C8H19CeO4P. The van der Waals surface area contributed by atoms with Crippen LogP contribution in [-0.2, 0) is 13.6 Å². The summed E-state index contributed by atoms with van der Waals surface area (Å²) >= 11 is 0. The quantitative estimate of drug-likeness (QED) is 0.540. The van der Waals surface area contributed by atoms with E-state index in [0.29, 0.717) is 0 Å². The van der Waals surface area contributed by atoms with E-state index < -0.39 is 7.82 Å². The predicted octanol–water partition coefficient (Wildman–Crippen LogP) is 2.72. The van der Waals surface area contributed by atoms with Gasteiger partial charge >= 0.3 is 7.82 Å². The van der Waals surface area contributed by atoms with Gasteiger partial charge in [-0.3, -0.25) is 9.05 Å². The molecule has 0 radical (unpaired) electrons. The Bertz CT molecular complexity index is 151. The SMILES string of the molecule is CCCCOP(=O)(O)OCCCC.[Ce]. The molecule has 0 aromatic rings. The molecule has 0 bridgehead atoms. The van der Waals surface area contributed by atoms with E-state index in [0.717, 1.165) is 25.7 Å². The zero-order chi connectivity index (χ0) is 10.2. The van der Waals surface area contributed by atoms with Gasteiger partial charge in [0, 0.05) is 41.7 Å². The zero-order valence-corrected chi connectivity index (χ0v) is 12.9. The third-order valence-corrected chi connectivity index (χ3v) is 2.52. The number of hydrogen-bond donors (Lipinski definition) is 1. The van der Waals surface area contributed by atoms with Crippen molar-refractivity contribution in [3.8, 4) is 0 Å². The molecule has 6 heteroatoms. The van der Waals surface area contributed by atoms with Crippen molar-refractivity contribution in [1.29, 1.82) is 0 Å². The van der Waals surface area contributed by atoms with E-state index in [1.807, 2.05) is 13.8 Å². The largest absolute Gasteiger partial charge is 0.472 e. The van der Waals surface area contributed by atoms with Crippen LogP contribution >= 0.6 is 7.82 Å². The fourth-order valence-corrected chi connectivity index (χ4v) is 1.48. The van der Waals surface area contributed by atoms with Gasteiger partial charge in [0.05, 0.1) is 13.2 Å².